The quantitative estimate of drug-likeness (QED) is 0.737. The zero-order valence-corrected chi connectivity index (χ0v) is 12.4. The van der Waals surface area contributed by atoms with Crippen LogP contribution in [0.1, 0.15) is 18.5 Å². The first-order valence-corrected chi connectivity index (χ1v) is 7.45. The minimum atomic E-state index is 0.219. The van der Waals surface area contributed by atoms with Crippen LogP contribution in [-0.2, 0) is 0 Å². The van der Waals surface area contributed by atoms with E-state index < -0.39 is 0 Å². The number of thiophene rings is 1. The number of nitrogens with zero attached hydrogens (tertiary/aromatic N) is 2. The highest BCUT2D eigenvalue weighted by molar-refractivity contribution is 7.17. The average molecular weight is 283 g/mol. The van der Waals surface area contributed by atoms with Crippen LogP contribution in [0.25, 0.3) is 10.1 Å². The van der Waals surface area contributed by atoms with Crippen LogP contribution in [0.2, 0.25) is 0 Å². The average Bonchev–Trinajstić information content (AvgIpc) is 2.94. The maximum atomic E-state index is 5.88. The Balaban J connectivity index is 1.99. The lowest BCUT2D eigenvalue weighted by molar-refractivity contribution is 0.732. The number of nitrogen functional groups attached to an aromatic ring is 1. The summed E-state index contributed by atoms with van der Waals surface area (Å²) in [4.78, 5) is 6.75. The summed E-state index contributed by atoms with van der Waals surface area (Å²) in [5.74, 6) is 1.01. The number of fused-ring (bicyclic) bond motifs is 1. The van der Waals surface area contributed by atoms with E-state index in [2.05, 4.69) is 47.4 Å². The predicted octanol–water partition coefficient (Wildman–Crippen LogP) is 4.08. The Kier molecular flexibility index (Phi) is 3.32. The van der Waals surface area contributed by atoms with Crippen LogP contribution in [0.4, 0.5) is 11.5 Å². The highest BCUT2D eigenvalue weighted by Gasteiger charge is 2.16. The van der Waals surface area contributed by atoms with Gasteiger partial charge in [0.15, 0.2) is 0 Å². The summed E-state index contributed by atoms with van der Waals surface area (Å²) in [6.45, 7) is 2.17. The maximum absolute atomic E-state index is 5.88. The van der Waals surface area contributed by atoms with E-state index in [0.717, 1.165) is 11.5 Å². The number of aromatic nitrogens is 1. The molecular formula is C16H17N3S. The molecule has 4 heteroatoms. The van der Waals surface area contributed by atoms with Crippen LogP contribution in [0.5, 0.6) is 0 Å². The summed E-state index contributed by atoms with van der Waals surface area (Å²) in [7, 11) is 2.08. The summed E-state index contributed by atoms with van der Waals surface area (Å²) in [5, 5.41) is 3.31. The molecule has 0 radical (unpaired) electrons. The van der Waals surface area contributed by atoms with Crippen molar-refractivity contribution in [2.24, 2.45) is 0 Å². The largest absolute Gasteiger partial charge is 0.399 e. The molecule has 1 aromatic carbocycles. The molecule has 0 saturated carbocycles. The molecule has 0 aliphatic rings. The Morgan fingerprint density at radius 1 is 1.25 bits per heavy atom. The van der Waals surface area contributed by atoms with Gasteiger partial charge in [0.2, 0.25) is 0 Å². The Morgan fingerprint density at radius 2 is 2.10 bits per heavy atom. The van der Waals surface area contributed by atoms with Gasteiger partial charge in [0, 0.05) is 29.0 Å². The van der Waals surface area contributed by atoms with Gasteiger partial charge >= 0.3 is 0 Å². The van der Waals surface area contributed by atoms with Crippen molar-refractivity contribution in [3.63, 3.8) is 0 Å². The van der Waals surface area contributed by atoms with Crippen molar-refractivity contribution in [2.45, 2.75) is 13.0 Å². The summed E-state index contributed by atoms with van der Waals surface area (Å²) >= 11 is 1.74. The molecule has 102 valence electrons. The van der Waals surface area contributed by atoms with E-state index in [0.29, 0.717) is 0 Å². The minimum absolute atomic E-state index is 0.219. The predicted molar refractivity (Wildman–Crippen MR) is 87.3 cm³/mol. The van der Waals surface area contributed by atoms with Crippen molar-refractivity contribution >= 4 is 32.9 Å². The molecule has 2 aromatic heterocycles. The van der Waals surface area contributed by atoms with E-state index in [1.165, 1.54) is 15.6 Å². The normalized spacial score (nSPS) is 12.5. The smallest absolute Gasteiger partial charge is 0.137 e. The van der Waals surface area contributed by atoms with Crippen LogP contribution in [0, 0.1) is 0 Å². The Bertz CT molecular complexity index is 735. The van der Waals surface area contributed by atoms with Crippen molar-refractivity contribution in [1.29, 1.82) is 0 Å². The molecule has 0 saturated heterocycles. The first kappa shape index (κ1) is 12.9. The van der Waals surface area contributed by atoms with Gasteiger partial charge in [0.05, 0.1) is 6.04 Å². The molecule has 20 heavy (non-hydrogen) atoms. The number of rotatable bonds is 3. The molecule has 0 bridgehead atoms. The molecule has 2 N–H and O–H groups in total. The Hall–Kier alpha value is -2.07. The Morgan fingerprint density at radius 3 is 2.90 bits per heavy atom. The van der Waals surface area contributed by atoms with Crippen LogP contribution < -0.4 is 10.6 Å². The van der Waals surface area contributed by atoms with Gasteiger partial charge in [0.25, 0.3) is 0 Å². The van der Waals surface area contributed by atoms with E-state index in [1.54, 1.807) is 11.3 Å². The highest BCUT2D eigenvalue weighted by atomic mass is 32.1. The first-order chi connectivity index (χ1) is 9.66. The van der Waals surface area contributed by atoms with Crippen LogP contribution in [-0.4, -0.2) is 12.0 Å². The summed E-state index contributed by atoms with van der Waals surface area (Å²) < 4.78 is 1.27. The van der Waals surface area contributed by atoms with Gasteiger partial charge in [-0.1, -0.05) is 12.1 Å². The van der Waals surface area contributed by atoms with Crippen LogP contribution in [0.15, 0.2) is 48.0 Å². The van der Waals surface area contributed by atoms with Crippen molar-refractivity contribution in [1.82, 2.24) is 4.98 Å². The zero-order chi connectivity index (χ0) is 14.1. The maximum Gasteiger partial charge on any atom is 0.137 e. The Labute approximate surface area is 122 Å². The van der Waals surface area contributed by atoms with Crippen molar-refractivity contribution in [2.75, 3.05) is 17.7 Å². The third-order valence-electron chi connectivity index (χ3n) is 3.67. The molecule has 0 fully saturated rings. The molecule has 0 aliphatic carbocycles. The molecule has 0 amide bonds. The first-order valence-electron chi connectivity index (χ1n) is 6.57. The zero-order valence-electron chi connectivity index (χ0n) is 11.6. The van der Waals surface area contributed by atoms with Gasteiger partial charge in [-0.15, -0.1) is 11.3 Å². The number of pyridine rings is 1. The number of hydrogen-bond acceptors (Lipinski definition) is 4. The van der Waals surface area contributed by atoms with Gasteiger partial charge in [-0.25, -0.2) is 4.98 Å². The number of benzene rings is 1. The van der Waals surface area contributed by atoms with Gasteiger partial charge in [-0.2, -0.15) is 0 Å². The molecular weight excluding hydrogens is 266 g/mol. The van der Waals surface area contributed by atoms with Crippen LogP contribution >= 0.6 is 11.3 Å². The fourth-order valence-corrected chi connectivity index (χ4v) is 3.16. The summed E-state index contributed by atoms with van der Waals surface area (Å²) in [5.41, 5.74) is 7.87. The van der Waals surface area contributed by atoms with E-state index in [4.69, 9.17) is 5.73 Å². The number of anilines is 2. The lowest BCUT2D eigenvalue weighted by atomic mass is 10.1. The molecule has 3 aromatic rings. The lowest BCUT2D eigenvalue weighted by Gasteiger charge is -2.27. The molecule has 1 atom stereocenters. The molecule has 3 nitrogen and oxygen atoms in total. The van der Waals surface area contributed by atoms with Crippen molar-refractivity contribution < 1.29 is 0 Å². The van der Waals surface area contributed by atoms with Gasteiger partial charge in [-0.3, -0.25) is 0 Å². The number of nitrogens with two attached hydrogens (primary N) is 1. The second-order valence-electron chi connectivity index (χ2n) is 4.92. The monoisotopic (exact) mass is 283 g/mol. The third-order valence-corrected chi connectivity index (χ3v) is 4.55. The number of hydrogen-bond donors (Lipinski definition) is 1. The second kappa shape index (κ2) is 5.13. The molecule has 0 aliphatic heterocycles. The molecule has 0 spiro atoms. The minimum Gasteiger partial charge on any atom is -0.399 e. The fraction of sp³-hybridized carbons (Fsp3) is 0.188. The summed E-state index contributed by atoms with van der Waals surface area (Å²) in [6.07, 6.45) is 1.87. The lowest BCUT2D eigenvalue weighted by Crippen LogP contribution is -2.22. The van der Waals surface area contributed by atoms with Crippen molar-refractivity contribution in [3.05, 3.63) is 53.5 Å². The molecule has 3 rings (SSSR count). The van der Waals surface area contributed by atoms with Crippen molar-refractivity contribution in [3.8, 4) is 0 Å². The third kappa shape index (κ3) is 2.23. The van der Waals surface area contributed by atoms with E-state index in [-0.39, 0.29) is 6.04 Å². The fourth-order valence-electron chi connectivity index (χ4n) is 2.39. The molecule has 1 unspecified atom stereocenters. The van der Waals surface area contributed by atoms with Gasteiger partial charge < -0.3 is 10.6 Å². The van der Waals surface area contributed by atoms with Gasteiger partial charge in [-0.05, 0) is 42.1 Å². The summed E-state index contributed by atoms with van der Waals surface area (Å²) in [6, 6.07) is 12.4. The SMILES string of the molecule is CC(c1cccc(N)c1)N(C)c1nccc2sccc12. The standard InChI is InChI=1S/C16H17N3S/c1-11(12-4-3-5-13(17)10-12)19(2)16-14-7-9-20-15(14)6-8-18-16/h3-11H,17H2,1-2H3. The topological polar surface area (TPSA) is 42.1 Å². The van der Waals surface area contributed by atoms with E-state index >= 15 is 0 Å². The van der Waals surface area contributed by atoms with E-state index in [9.17, 15) is 0 Å². The second-order valence-corrected chi connectivity index (χ2v) is 5.87. The van der Waals surface area contributed by atoms with Gasteiger partial charge in [0.1, 0.15) is 5.82 Å². The molecule has 2 heterocycles. The highest BCUT2D eigenvalue weighted by Crippen LogP contribution is 2.32. The van der Waals surface area contributed by atoms with Crippen LogP contribution in [0.3, 0.4) is 0 Å². The van der Waals surface area contributed by atoms with E-state index in [1.807, 2.05) is 24.4 Å².